The van der Waals surface area contributed by atoms with Gasteiger partial charge in [-0.1, -0.05) is 12.1 Å². The van der Waals surface area contributed by atoms with E-state index in [0.717, 1.165) is 5.56 Å². The minimum Gasteiger partial charge on any atom is -0.490 e. The second kappa shape index (κ2) is 6.93. The van der Waals surface area contributed by atoms with Crippen LogP contribution in [0.2, 0.25) is 0 Å². The fourth-order valence-corrected chi connectivity index (χ4v) is 2.23. The molecule has 0 amide bonds. The Labute approximate surface area is 135 Å². The van der Waals surface area contributed by atoms with Crippen molar-refractivity contribution in [2.24, 2.45) is 5.10 Å². The summed E-state index contributed by atoms with van der Waals surface area (Å²) in [7, 11) is 0. The van der Waals surface area contributed by atoms with E-state index in [2.05, 4.69) is 5.10 Å². The Morgan fingerprint density at radius 3 is 2.65 bits per heavy atom. The Balaban J connectivity index is 2.47. The van der Waals surface area contributed by atoms with Crippen LogP contribution in [0, 0.1) is 25.2 Å². The van der Waals surface area contributed by atoms with Gasteiger partial charge in [0.05, 0.1) is 12.3 Å². The number of aromatic nitrogens is 1. The van der Waals surface area contributed by atoms with Crippen molar-refractivity contribution in [1.29, 1.82) is 5.26 Å². The van der Waals surface area contributed by atoms with Gasteiger partial charge in [-0.3, -0.25) is 4.79 Å². The molecule has 5 heteroatoms. The molecule has 0 atom stereocenters. The summed E-state index contributed by atoms with van der Waals surface area (Å²) in [5.41, 5.74) is 1.80. The number of nitriles is 1. The normalized spacial score (nSPS) is 11.0. The number of hydrogen-bond acceptors (Lipinski definition) is 4. The third-order valence-corrected chi connectivity index (χ3v) is 3.27. The average Bonchev–Trinajstić information content (AvgIpc) is 2.48. The van der Waals surface area contributed by atoms with E-state index in [0.29, 0.717) is 17.0 Å². The molecule has 0 aliphatic carbocycles. The number of aryl methyl sites for hydroxylation is 2. The molecule has 0 N–H and O–H groups in total. The van der Waals surface area contributed by atoms with Crippen molar-refractivity contribution in [3.8, 4) is 11.8 Å². The predicted octanol–water partition coefficient (Wildman–Crippen LogP) is 3.01. The highest BCUT2D eigenvalue weighted by Crippen LogP contribution is 2.17. The third-order valence-electron chi connectivity index (χ3n) is 3.27. The van der Waals surface area contributed by atoms with Crippen molar-refractivity contribution in [1.82, 2.24) is 4.68 Å². The molecular formula is C18H19N3O2. The van der Waals surface area contributed by atoms with Crippen LogP contribution in [0.1, 0.15) is 36.2 Å². The van der Waals surface area contributed by atoms with Gasteiger partial charge in [0.25, 0.3) is 5.56 Å². The lowest BCUT2D eigenvalue weighted by Crippen LogP contribution is -2.22. The standard InChI is InChI=1S/C18H19N3O2/c1-12(2)23-17-8-6-5-7-15(17)11-20-21-14(4)9-13(3)16(10-19)18(21)22/h5-9,11-12H,1-4H3/b20-11+. The maximum absolute atomic E-state index is 12.3. The van der Waals surface area contributed by atoms with Gasteiger partial charge < -0.3 is 4.74 Å². The lowest BCUT2D eigenvalue weighted by molar-refractivity contribution is 0.242. The molecule has 118 valence electrons. The van der Waals surface area contributed by atoms with Crippen LogP contribution in [0.25, 0.3) is 0 Å². The lowest BCUT2D eigenvalue weighted by atomic mass is 10.1. The number of nitrogens with zero attached hydrogens (tertiary/aromatic N) is 3. The van der Waals surface area contributed by atoms with Gasteiger partial charge in [-0.05, 0) is 51.5 Å². The van der Waals surface area contributed by atoms with Crippen molar-refractivity contribution in [2.45, 2.75) is 33.8 Å². The molecule has 0 fully saturated rings. The van der Waals surface area contributed by atoms with Crippen molar-refractivity contribution in [3.63, 3.8) is 0 Å². The molecule has 2 aromatic rings. The van der Waals surface area contributed by atoms with Crippen molar-refractivity contribution < 1.29 is 4.74 Å². The molecule has 5 nitrogen and oxygen atoms in total. The minimum absolute atomic E-state index is 0.0403. The molecule has 0 aliphatic rings. The predicted molar refractivity (Wildman–Crippen MR) is 90.1 cm³/mol. The van der Waals surface area contributed by atoms with Gasteiger partial charge in [-0.15, -0.1) is 0 Å². The Bertz CT molecular complexity index is 842. The smallest absolute Gasteiger partial charge is 0.289 e. The summed E-state index contributed by atoms with van der Waals surface area (Å²) in [6, 6.07) is 11.2. The van der Waals surface area contributed by atoms with Crippen molar-refractivity contribution in [3.05, 3.63) is 63.1 Å². The van der Waals surface area contributed by atoms with Gasteiger partial charge in [0.1, 0.15) is 17.4 Å². The Kier molecular flexibility index (Phi) is 4.97. The van der Waals surface area contributed by atoms with Gasteiger partial charge >= 0.3 is 0 Å². The van der Waals surface area contributed by atoms with Crippen molar-refractivity contribution in [2.75, 3.05) is 0 Å². The zero-order chi connectivity index (χ0) is 17.0. The number of para-hydroxylation sites is 1. The first-order valence-corrected chi connectivity index (χ1v) is 7.37. The molecule has 0 radical (unpaired) electrons. The summed E-state index contributed by atoms with van der Waals surface area (Å²) in [4.78, 5) is 12.3. The van der Waals surface area contributed by atoms with Crippen LogP contribution in [0.3, 0.4) is 0 Å². The molecule has 0 unspecified atom stereocenters. The van der Waals surface area contributed by atoms with Crippen molar-refractivity contribution >= 4 is 6.21 Å². The Hall–Kier alpha value is -2.87. The first kappa shape index (κ1) is 16.5. The molecule has 2 rings (SSSR count). The van der Waals surface area contributed by atoms with E-state index >= 15 is 0 Å². The van der Waals surface area contributed by atoms with Gasteiger partial charge in [-0.2, -0.15) is 10.4 Å². The maximum atomic E-state index is 12.3. The lowest BCUT2D eigenvalue weighted by Gasteiger charge is -2.12. The summed E-state index contributed by atoms with van der Waals surface area (Å²) in [6.45, 7) is 7.42. The molecule has 0 aliphatic heterocycles. The van der Waals surface area contributed by atoms with Crippen LogP contribution >= 0.6 is 0 Å². The second-order valence-corrected chi connectivity index (χ2v) is 5.52. The maximum Gasteiger partial charge on any atom is 0.289 e. The van der Waals surface area contributed by atoms with E-state index in [4.69, 9.17) is 10.00 Å². The topological polar surface area (TPSA) is 67.4 Å². The van der Waals surface area contributed by atoms with E-state index in [-0.39, 0.29) is 11.7 Å². The number of benzene rings is 1. The monoisotopic (exact) mass is 309 g/mol. The summed E-state index contributed by atoms with van der Waals surface area (Å²) in [6.07, 6.45) is 1.61. The molecular weight excluding hydrogens is 290 g/mol. The number of hydrogen-bond donors (Lipinski definition) is 0. The van der Waals surface area contributed by atoms with E-state index < -0.39 is 5.56 Å². The molecule has 0 bridgehead atoms. The highest BCUT2D eigenvalue weighted by atomic mass is 16.5. The largest absolute Gasteiger partial charge is 0.490 e. The van der Waals surface area contributed by atoms with E-state index in [1.165, 1.54) is 4.68 Å². The van der Waals surface area contributed by atoms with Crippen LogP contribution in [-0.4, -0.2) is 17.0 Å². The van der Waals surface area contributed by atoms with Gasteiger partial charge in [-0.25, -0.2) is 4.68 Å². The molecule has 1 heterocycles. The molecule has 0 spiro atoms. The SMILES string of the molecule is Cc1cc(C)n(/N=C/c2ccccc2OC(C)C)c(=O)c1C#N. The van der Waals surface area contributed by atoms with Crippen LogP contribution in [0.15, 0.2) is 40.2 Å². The number of rotatable bonds is 4. The highest BCUT2D eigenvalue weighted by Gasteiger charge is 2.09. The van der Waals surface area contributed by atoms with E-state index in [9.17, 15) is 4.79 Å². The molecule has 23 heavy (non-hydrogen) atoms. The second-order valence-electron chi connectivity index (χ2n) is 5.52. The molecule has 1 aromatic heterocycles. The first-order chi connectivity index (χ1) is 10.9. The molecule has 1 aromatic carbocycles. The van der Waals surface area contributed by atoms with Crippen LogP contribution in [0.4, 0.5) is 0 Å². The fraction of sp³-hybridized carbons (Fsp3) is 0.278. The summed E-state index contributed by atoms with van der Waals surface area (Å²) in [5, 5.41) is 13.3. The Morgan fingerprint density at radius 2 is 2.00 bits per heavy atom. The van der Waals surface area contributed by atoms with Gasteiger partial charge in [0, 0.05) is 11.3 Å². The third kappa shape index (κ3) is 3.67. The molecule has 0 saturated carbocycles. The van der Waals surface area contributed by atoms with Gasteiger partial charge in [0.15, 0.2) is 0 Å². The number of pyridine rings is 1. The first-order valence-electron chi connectivity index (χ1n) is 7.37. The summed E-state index contributed by atoms with van der Waals surface area (Å²) in [5.74, 6) is 0.699. The van der Waals surface area contributed by atoms with E-state index in [1.807, 2.05) is 44.2 Å². The van der Waals surface area contributed by atoms with Crippen LogP contribution in [0.5, 0.6) is 5.75 Å². The highest BCUT2D eigenvalue weighted by molar-refractivity contribution is 5.83. The summed E-state index contributed by atoms with van der Waals surface area (Å²) < 4.78 is 6.96. The Morgan fingerprint density at radius 1 is 1.30 bits per heavy atom. The van der Waals surface area contributed by atoms with Crippen LogP contribution < -0.4 is 10.3 Å². The van der Waals surface area contributed by atoms with Crippen LogP contribution in [-0.2, 0) is 0 Å². The number of ether oxygens (including phenoxy) is 1. The molecule has 0 saturated heterocycles. The van der Waals surface area contributed by atoms with Gasteiger partial charge in [0.2, 0.25) is 0 Å². The van der Waals surface area contributed by atoms with E-state index in [1.54, 1.807) is 26.1 Å². The zero-order valence-electron chi connectivity index (χ0n) is 13.7. The zero-order valence-corrected chi connectivity index (χ0v) is 13.7. The summed E-state index contributed by atoms with van der Waals surface area (Å²) >= 11 is 0. The minimum atomic E-state index is -0.413. The quantitative estimate of drug-likeness (QED) is 0.815. The average molecular weight is 309 g/mol. The fourth-order valence-electron chi connectivity index (χ4n) is 2.23.